The highest BCUT2D eigenvalue weighted by Gasteiger charge is 2.06. The summed E-state index contributed by atoms with van der Waals surface area (Å²) in [7, 11) is 0. The molecule has 0 fully saturated rings. The molecular formula is C19H21NO4. The Bertz CT molecular complexity index is 889. The van der Waals surface area contributed by atoms with Crippen molar-refractivity contribution < 1.29 is 8.83 Å². The van der Waals surface area contributed by atoms with Crippen LogP contribution in [0, 0.1) is 6.92 Å². The van der Waals surface area contributed by atoms with Crippen molar-refractivity contribution in [1.82, 2.24) is 0 Å². The van der Waals surface area contributed by atoms with E-state index in [1.54, 1.807) is 12.1 Å². The van der Waals surface area contributed by atoms with E-state index in [9.17, 15) is 9.59 Å². The molecule has 5 heteroatoms. The Morgan fingerprint density at radius 2 is 1.71 bits per heavy atom. The fourth-order valence-corrected chi connectivity index (χ4v) is 2.42. The molecule has 24 heavy (non-hydrogen) atoms. The molecule has 0 saturated carbocycles. The highest BCUT2D eigenvalue weighted by atomic mass is 16.4. The van der Waals surface area contributed by atoms with Gasteiger partial charge in [-0.05, 0) is 44.5 Å². The molecule has 0 aliphatic heterocycles. The molecule has 0 bridgehead atoms. The fourth-order valence-electron chi connectivity index (χ4n) is 2.42. The zero-order valence-corrected chi connectivity index (χ0v) is 14.1. The molecule has 0 aliphatic rings. The summed E-state index contributed by atoms with van der Waals surface area (Å²) in [6.45, 7) is 8.03. The lowest BCUT2D eigenvalue weighted by atomic mass is 10.1. The zero-order valence-electron chi connectivity index (χ0n) is 14.1. The lowest BCUT2D eigenvalue weighted by Crippen LogP contribution is -2.21. The van der Waals surface area contributed by atoms with Gasteiger partial charge in [-0.25, -0.2) is 9.59 Å². The minimum absolute atomic E-state index is 0.285. The van der Waals surface area contributed by atoms with Crippen molar-refractivity contribution in [3.8, 4) is 0 Å². The van der Waals surface area contributed by atoms with Gasteiger partial charge in [0, 0.05) is 42.4 Å². The van der Waals surface area contributed by atoms with Gasteiger partial charge < -0.3 is 13.7 Å². The Balaban J connectivity index is 0.000000249. The third-order valence-electron chi connectivity index (χ3n) is 3.67. The van der Waals surface area contributed by atoms with Crippen LogP contribution in [0.2, 0.25) is 0 Å². The van der Waals surface area contributed by atoms with E-state index in [0.717, 1.165) is 29.7 Å². The van der Waals surface area contributed by atoms with Crippen LogP contribution >= 0.6 is 0 Å². The van der Waals surface area contributed by atoms with Gasteiger partial charge in [0.2, 0.25) is 0 Å². The van der Waals surface area contributed by atoms with Crippen molar-refractivity contribution >= 4 is 16.7 Å². The molecule has 0 aliphatic carbocycles. The van der Waals surface area contributed by atoms with Crippen LogP contribution in [0.25, 0.3) is 11.0 Å². The molecule has 0 atom stereocenters. The van der Waals surface area contributed by atoms with Crippen molar-refractivity contribution in [3.05, 3.63) is 75.1 Å². The van der Waals surface area contributed by atoms with E-state index in [0.29, 0.717) is 5.58 Å². The Morgan fingerprint density at radius 3 is 2.25 bits per heavy atom. The maximum absolute atomic E-state index is 11.3. The molecule has 0 N–H and O–H groups in total. The van der Waals surface area contributed by atoms with E-state index in [-0.39, 0.29) is 11.3 Å². The quantitative estimate of drug-likeness (QED) is 0.688. The van der Waals surface area contributed by atoms with Crippen LogP contribution in [0.3, 0.4) is 0 Å². The average Bonchev–Trinajstić information content (AvgIpc) is 2.57. The summed E-state index contributed by atoms with van der Waals surface area (Å²) in [5.41, 5.74) is 2.13. The van der Waals surface area contributed by atoms with Gasteiger partial charge in [-0.15, -0.1) is 0 Å². The summed E-state index contributed by atoms with van der Waals surface area (Å²) in [4.78, 5) is 23.7. The molecule has 0 radical (unpaired) electrons. The van der Waals surface area contributed by atoms with Crippen molar-refractivity contribution in [3.63, 3.8) is 0 Å². The van der Waals surface area contributed by atoms with Gasteiger partial charge in [0.25, 0.3) is 0 Å². The predicted molar refractivity (Wildman–Crippen MR) is 95.8 cm³/mol. The van der Waals surface area contributed by atoms with Crippen molar-refractivity contribution in [1.29, 1.82) is 0 Å². The number of anilines is 1. The SMILES string of the molecule is CCN(CC)c1ccc2c(C)cc(=O)oc2c1.O=c1cccco1. The number of nitrogens with zero attached hydrogens (tertiary/aromatic N) is 1. The molecule has 0 spiro atoms. The topological polar surface area (TPSA) is 63.7 Å². The lowest BCUT2D eigenvalue weighted by Gasteiger charge is -2.21. The third kappa shape index (κ3) is 4.35. The second-order valence-electron chi connectivity index (χ2n) is 5.23. The largest absolute Gasteiger partial charge is 0.431 e. The second kappa shape index (κ2) is 8.15. The van der Waals surface area contributed by atoms with Crippen LogP contribution in [0.5, 0.6) is 0 Å². The van der Waals surface area contributed by atoms with E-state index in [1.165, 1.54) is 18.4 Å². The molecule has 2 heterocycles. The Morgan fingerprint density at radius 1 is 0.958 bits per heavy atom. The molecule has 126 valence electrons. The molecule has 5 nitrogen and oxygen atoms in total. The molecule has 1 aromatic carbocycles. The number of benzene rings is 1. The average molecular weight is 327 g/mol. The van der Waals surface area contributed by atoms with E-state index in [1.807, 2.05) is 19.1 Å². The van der Waals surface area contributed by atoms with Crippen LogP contribution < -0.4 is 16.2 Å². The van der Waals surface area contributed by atoms with Gasteiger partial charge in [0.05, 0.1) is 6.26 Å². The summed E-state index contributed by atoms with van der Waals surface area (Å²) in [6.07, 6.45) is 1.35. The van der Waals surface area contributed by atoms with Crippen molar-refractivity contribution in [2.75, 3.05) is 18.0 Å². The summed E-state index contributed by atoms with van der Waals surface area (Å²) < 4.78 is 9.61. The highest BCUT2D eigenvalue weighted by Crippen LogP contribution is 2.23. The number of rotatable bonds is 3. The Kier molecular flexibility index (Phi) is 5.95. The molecule has 0 unspecified atom stereocenters. The van der Waals surface area contributed by atoms with Gasteiger partial charge in [-0.3, -0.25) is 0 Å². The van der Waals surface area contributed by atoms with Crippen molar-refractivity contribution in [2.24, 2.45) is 0 Å². The number of hydrogen-bond donors (Lipinski definition) is 0. The van der Waals surface area contributed by atoms with Crippen LogP contribution in [0.15, 0.2) is 67.2 Å². The van der Waals surface area contributed by atoms with Gasteiger partial charge in [0.15, 0.2) is 0 Å². The maximum Gasteiger partial charge on any atom is 0.336 e. The minimum atomic E-state index is -0.303. The van der Waals surface area contributed by atoms with Crippen LogP contribution in [0.4, 0.5) is 5.69 Å². The summed E-state index contributed by atoms with van der Waals surface area (Å²) in [6, 6.07) is 12.2. The minimum Gasteiger partial charge on any atom is -0.431 e. The van der Waals surface area contributed by atoms with E-state index < -0.39 is 0 Å². The standard InChI is InChI=1S/C14H17NO2.C5H4O2/c1-4-15(5-2)11-6-7-12-10(3)8-14(16)17-13(12)9-11;6-5-3-1-2-4-7-5/h6-9H,4-5H2,1-3H3;1-4H. The molecular weight excluding hydrogens is 306 g/mol. The fraction of sp³-hybridized carbons (Fsp3) is 0.263. The first-order valence-electron chi connectivity index (χ1n) is 7.88. The predicted octanol–water partition coefficient (Wildman–Crippen LogP) is 3.59. The Hall–Kier alpha value is -2.82. The first-order valence-corrected chi connectivity index (χ1v) is 7.88. The summed E-state index contributed by atoms with van der Waals surface area (Å²) in [5, 5.41) is 1.00. The van der Waals surface area contributed by atoms with E-state index >= 15 is 0 Å². The van der Waals surface area contributed by atoms with Crippen molar-refractivity contribution in [2.45, 2.75) is 20.8 Å². The van der Waals surface area contributed by atoms with Gasteiger partial charge in [0.1, 0.15) is 5.58 Å². The van der Waals surface area contributed by atoms with Crippen LogP contribution in [0.1, 0.15) is 19.4 Å². The number of aryl methyl sites for hydroxylation is 1. The van der Waals surface area contributed by atoms with Gasteiger partial charge in [-0.1, -0.05) is 6.07 Å². The molecule has 3 rings (SSSR count). The molecule has 0 amide bonds. The van der Waals surface area contributed by atoms with E-state index in [4.69, 9.17) is 4.42 Å². The van der Waals surface area contributed by atoms with E-state index in [2.05, 4.69) is 29.2 Å². The second-order valence-corrected chi connectivity index (χ2v) is 5.23. The zero-order chi connectivity index (χ0) is 17.5. The van der Waals surface area contributed by atoms with Crippen LogP contribution in [-0.2, 0) is 0 Å². The molecule has 0 saturated heterocycles. The number of fused-ring (bicyclic) bond motifs is 1. The van der Waals surface area contributed by atoms with Gasteiger partial charge in [-0.2, -0.15) is 0 Å². The Labute approximate surface area is 140 Å². The molecule has 3 aromatic rings. The first-order chi connectivity index (χ1) is 11.5. The molecule has 2 aromatic heterocycles. The monoisotopic (exact) mass is 327 g/mol. The number of hydrogen-bond acceptors (Lipinski definition) is 5. The normalized spacial score (nSPS) is 10.1. The maximum atomic E-state index is 11.3. The summed E-state index contributed by atoms with van der Waals surface area (Å²) >= 11 is 0. The highest BCUT2D eigenvalue weighted by molar-refractivity contribution is 5.83. The third-order valence-corrected chi connectivity index (χ3v) is 3.67. The van der Waals surface area contributed by atoms with Crippen LogP contribution in [-0.4, -0.2) is 13.1 Å². The summed E-state index contributed by atoms with van der Waals surface area (Å²) in [5.74, 6) is 0. The lowest BCUT2D eigenvalue weighted by molar-refractivity contribution is 0.511. The van der Waals surface area contributed by atoms with Gasteiger partial charge >= 0.3 is 11.3 Å². The smallest absolute Gasteiger partial charge is 0.336 e. The first kappa shape index (κ1) is 17.5.